The van der Waals surface area contributed by atoms with E-state index < -0.39 is 0 Å². The van der Waals surface area contributed by atoms with Gasteiger partial charge in [0.2, 0.25) is 0 Å². The lowest BCUT2D eigenvalue weighted by Gasteiger charge is -2.12. The monoisotopic (exact) mass is 246 g/mol. The molecule has 0 saturated carbocycles. The SMILES string of the molecule is Cc1ccc(Cl)c(Nc2cc(N)ccc2C)c1. The Morgan fingerprint density at radius 2 is 1.76 bits per heavy atom. The number of halogens is 1. The summed E-state index contributed by atoms with van der Waals surface area (Å²) in [5.41, 5.74) is 10.7. The number of hydrogen-bond acceptors (Lipinski definition) is 2. The molecule has 2 nitrogen and oxygen atoms in total. The third-order valence-corrected chi connectivity index (χ3v) is 2.98. The molecule has 0 aliphatic rings. The fraction of sp³-hybridized carbons (Fsp3) is 0.143. The van der Waals surface area contributed by atoms with E-state index in [9.17, 15) is 0 Å². The molecule has 0 bridgehead atoms. The average molecular weight is 247 g/mol. The standard InChI is InChI=1S/C14H15ClN2/c1-9-3-6-12(15)14(7-9)17-13-8-11(16)5-4-10(13)2/h3-8,17H,16H2,1-2H3. The van der Waals surface area contributed by atoms with Crippen LogP contribution in [0.1, 0.15) is 11.1 Å². The van der Waals surface area contributed by atoms with Gasteiger partial charge in [-0.25, -0.2) is 0 Å². The van der Waals surface area contributed by atoms with Crippen molar-refractivity contribution in [1.29, 1.82) is 0 Å². The van der Waals surface area contributed by atoms with E-state index in [0.29, 0.717) is 5.02 Å². The van der Waals surface area contributed by atoms with Crippen LogP contribution >= 0.6 is 11.6 Å². The van der Waals surface area contributed by atoms with Crippen LogP contribution < -0.4 is 11.1 Å². The number of anilines is 3. The van der Waals surface area contributed by atoms with Gasteiger partial charge in [0, 0.05) is 11.4 Å². The third kappa shape index (κ3) is 2.71. The highest BCUT2D eigenvalue weighted by Gasteiger charge is 2.03. The van der Waals surface area contributed by atoms with E-state index in [4.69, 9.17) is 17.3 Å². The third-order valence-electron chi connectivity index (χ3n) is 2.65. The van der Waals surface area contributed by atoms with Gasteiger partial charge in [-0.15, -0.1) is 0 Å². The van der Waals surface area contributed by atoms with Crippen molar-refractivity contribution in [2.45, 2.75) is 13.8 Å². The number of benzene rings is 2. The molecule has 3 N–H and O–H groups in total. The van der Waals surface area contributed by atoms with Crippen LogP contribution in [0.5, 0.6) is 0 Å². The van der Waals surface area contributed by atoms with Crippen molar-refractivity contribution in [3.8, 4) is 0 Å². The van der Waals surface area contributed by atoms with E-state index in [2.05, 4.69) is 5.32 Å². The first kappa shape index (κ1) is 11.8. The maximum Gasteiger partial charge on any atom is 0.0641 e. The van der Waals surface area contributed by atoms with Gasteiger partial charge in [-0.1, -0.05) is 23.7 Å². The Morgan fingerprint density at radius 1 is 1.00 bits per heavy atom. The molecule has 0 saturated heterocycles. The molecule has 88 valence electrons. The van der Waals surface area contributed by atoms with Crippen molar-refractivity contribution >= 4 is 28.7 Å². The molecule has 2 rings (SSSR count). The van der Waals surface area contributed by atoms with Crippen LogP contribution in [0.25, 0.3) is 0 Å². The van der Waals surface area contributed by atoms with Crippen molar-refractivity contribution in [2.75, 3.05) is 11.1 Å². The largest absolute Gasteiger partial charge is 0.399 e. The fourth-order valence-electron chi connectivity index (χ4n) is 1.65. The number of hydrogen-bond donors (Lipinski definition) is 2. The second kappa shape index (κ2) is 4.68. The lowest BCUT2D eigenvalue weighted by Crippen LogP contribution is -1.96. The van der Waals surface area contributed by atoms with Crippen molar-refractivity contribution in [2.24, 2.45) is 0 Å². The van der Waals surface area contributed by atoms with Gasteiger partial charge in [0.1, 0.15) is 0 Å². The normalized spacial score (nSPS) is 10.3. The summed E-state index contributed by atoms with van der Waals surface area (Å²) in [5, 5.41) is 4.02. The summed E-state index contributed by atoms with van der Waals surface area (Å²) in [7, 11) is 0. The predicted octanol–water partition coefficient (Wildman–Crippen LogP) is 4.28. The smallest absolute Gasteiger partial charge is 0.0641 e. The molecule has 0 amide bonds. The fourth-order valence-corrected chi connectivity index (χ4v) is 1.82. The highest BCUT2D eigenvalue weighted by molar-refractivity contribution is 6.33. The maximum absolute atomic E-state index is 6.14. The topological polar surface area (TPSA) is 38.0 Å². The molecule has 0 spiro atoms. The molecule has 0 unspecified atom stereocenters. The minimum Gasteiger partial charge on any atom is -0.399 e. The molecule has 0 aliphatic heterocycles. The summed E-state index contributed by atoms with van der Waals surface area (Å²) in [4.78, 5) is 0. The van der Waals surface area contributed by atoms with Gasteiger partial charge in [0.05, 0.1) is 10.7 Å². The van der Waals surface area contributed by atoms with Crippen LogP contribution in [0.4, 0.5) is 17.1 Å². The van der Waals surface area contributed by atoms with Crippen molar-refractivity contribution in [3.63, 3.8) is 0 Å². The van der Waals surface area contributed by atoms with Crippen LogP contribution in [0, 0.1) is 13.8 Å². The maximum atomic E-state index is 6.14. The Morgan fingerprint density at radius 3 is 2.53 bits per heavy atom. The second-order valence-corrected chi connectivity index (χ2v) is 4.59. The Kier molecular flexibility index (Phi) is 3.25. The van der Waals surface area contributed by atoms with Gasteiger partial charge in [0.25, 0.3) is 0 Å². The van der Waals surface area contributed by atoms with E-state index in [1.165, 1.54) is 5.56 Å². The Labute approximate surface area is 106 Å². The summed E-state index contributed by atoms with van der Waals surface area (Å²) in [5.74, 6) is 0. The summed E-state index contributed by atoms with van der Waals surface area (Å²) in [6.07, 6.45) is 0. The molecule has 0 radical (unpaired) electrons. The molecule has 0 atom stereocenters. The van der Waals surface area contributed by atoms with Gasteiger partial charge in [-0.05, 0) is 49.2 Å². The first-order valence-corrected chi connectivity index (χ1v) is 5.83. The van der Waals surface area contributed by atoms with E-state index in [-0.39, 0.29) is 0 Å². The van der Waals surface area contributed by atoms with Crippen LogP contribution in [-0.2, 0) is 0 Å². The summed E-state index contributed by atoms with van der Waals surface area (Å²) in [6, 6.07) is 11.7. The molecule has 2 aromatic carbocycles. The van der Waals surface area contributed by atoms with Crippen LogP contribution in [0.3, 0.4) is 0 Å². The lowest BCUT2D eigenvalue weighted by molar-refractivity contribution is 1.41. The van der Waals surface area contributed by atoms with Crippen molar-refractivity contribution in [3.05, 3.63) is 52.5 Å². The second-order valence-electron chi connectivity index (χ2n) is 4.18. The van der Waals surface area contributed by atoms with Gasteiger partial charge < -0.3 is 11.1 Å². The van der Waals surface area contributed by atoms with Gasteiger partial charge in [-0.3, -0.25) is 0 Å². The minimum atomic E-state index is 0.706. The molecule has 3 heteroatoms. The van der Waals surface area contributed by atoms with Crippen LogP contribution in [0.15, 0.2) is 36.4 Å². The first-order valence-electron chi connectivity index (χ1n) is 5.45. The lowest BCUT2D eigenvalue weighted by atomic mass is 10.1. The molecular weight excluding hydrogens is 232 g/mol. The number of nitrogens with one attached hydrogen (secondary N) is 1. The van der Waals surface area contributed by atoms with Crippen molar-refractivity contribution < 1.29 is 0 Å². The van der Waals surface area contributed by atoms with E-state index in [0.717, 1.165) is 22.6 Å². The number of rotatable bonds is 2. The molecular formula is C14H15ClN2. The highest BCUT2D eigenvalue weighted by atomic mass is 35.5. The van der Waals surface area contributed by atoms with Gasteiger partial charge in [-0.2, -0.15) is 0 Å². The predicted molar refractivity (Wildman–Crippen MR) is 75.1 cm³/mol. The number of nitrogen functional groups attached to an aromatic ring is 1. The van der Waals surface area contributed by atoms with Gasteiger partial charge >= 0.3 is 0 Å². The molecule has 0 heterocycles. The van der Waals surface area contributed by atoms with E-state index in [1.807, 2.05) is 50.2 Å². The molecule has 17 heavy (non-hydrogen) atoms. The molecule has 0 fully saturated rings. The zero-order valence-corrected chi connectivity index (χ0v) is 10.7. The van der Waals surface area contributed by atoms with Gasteiger partial charge in [0.15, 0.2) is 0 Å². The van der Waals surface area contributed by atoms with Crippen LogP contribution in [-0.4, -0.2) is 0 Å². The number of nitrogens with two attached hydrogens (primary N) is 1. The van der Waals surface area contributed by atoms with Crippen LogP contribution in [0.2, 0.25) is 5.02 Å². The first-order chi connectivity index (χ1) is 8.06. The Hall–Kier alpha value is -1.67. The molecule has 0 aliphatic carbocycles. The zero-order valence-electron chi connectivity index (χ0n) is 9.92. The Balaban J connectivity index is 2.37. The Bertz CT molecular complexity index is 500. The molecule has 0 aromatic heterocycles. The highest BCUT2D eigenvalue weighted by Crippen LogP contribution is 2.28. The van der Waals surface area contributed by atoms with Crippen molar-refractivity contribution in [1.82, 2.24) is 0 Å². The minimum absolute atomic E-state index is 0.706. The quantitative estimate of drug-likeness (QED) is 0.776. The molecule has 2 aromatic rings. The van der Waals surface area contributed by atoms with E-state index >= 15 is 0 Å². The average Bonchev–Trinajstić information content (AvgIpc) is 2.28. The summed E-state index contributed by atoms with van der Waals surface area (Å²) >= 11 is 6.14. The van der Waals surface area contributed by atoms with E-state index in [1.54, 1.807) is 0 Å². The number of aryl methyl sites for hydroxylation is 2. The summed E-state index contributed by atoms with van der Waals surface area (Å²) < 4.78 is 0. The summed E-state index contributed by atoms with van der Waals surface area (Å²) in [6.45, 7) is 4.07. The zero-order chi connectivity index (χ0) is 12.4.